The number of rotatable bonds is 23. The van der Waals surface area contributed by atoms with Crippen LogP contribution in [0.15, 0.2) is 12.2 Å². The molecule has 2 nitrogen and oxygen atoms in total. The van der Waals surface area contributed by atoms with Gasteiger partial charge in [-0.2, -0.15) is 0 Å². The summed E-state index contributed by atoms with van der Waals surface area (Å²) in [6.45, 7) is 2.29. The van der Waals surface area contributed by atoms with Crippen molar-refractivity contribution in [2.24, 2.45) is 0 Å². The van der Waals surface area contributed by atoms with Gasteiger partial charge in [-0.15, -0.1) is 0 Å². The van der Waals surface area contributed by atoms with Crippen LogP contribution in [0.4, 0.5) is 0 Å². The lowest BCUT2D eigenvalue weighted by Gasteiger charge is -2.03. The molecule has 0 bridgehead atoms. The van der Waals surface area contributed by atoms with Gasteiger partial charge in [0.05, 0.1) is 0 Å². The molecule has 0 aromatic heterocycles. The molecule has 166 valence electrons. The molecule has 0 aromatic rings. The van der Waals surface area contributed by atoms with Gasteiger partial charge in [0, 0.05) is 6.42 Å². The van der Waals surface area contributed by atoms with E-state index in [1.807, 2.05) is 6.08 Å². The van der Waals surface area contributed by atoms with Crippen LogP contribution in [0.2, 0.25) is 0 Å². The third-order valence-corrected chi connectivity index (χ3v) is 5.67. The van der Waals surface area contributed by atoms with Crippen molar-refractivity contribution in [1.82, 2.24) is 0 Å². The molecule has 0 spiro atoms. The standard InChI is InChI=1S/C26H50O2/c1-2-3-4-5-6-7-8-9-10-11-12-13-14-15-16-17-18-19-20-21-22-23-24-25-26(27)28/h22-23H,2-21,24-25H2,1H3,(H,27,28). The summed E-state index contributed by atoms with van der Waals surface area (Å²) >= 11 is 0. The Morgan fingerprint density at radius 2 is 0.857 bits per heavy atom. The Morgan fingerprint density at radius 3 is 1.21 bits per heavy atom. The Kier molecular flexibility index (Phi) is 23.6. The van der Waals surface area contributed by atoms with E-state index in [-0.39, 0.29) is 6.42 Å². The molecule has 0 fully saturated rings. The number of carbonyl (C=O) groups is 1. The molecule has 0 radical (unpaired) electrons. The van der Waals surface area contributed by atoms with Gasteiger partial charge in [-0.05, 0) is 19.3 Å². The van der Waals surface area contributed by atoms with Crippen molar-refractivity contribution in [2.75, 3.05) is 0 Å². The predicted octanol–water partition coefficient (Wildman–Crippen LogP) is 9.23. The minimum Gasteiger partial charge on any atom is -0.481 e. The van der Waals surface area contributed by atoms with Crippen LogP contribution in [0.3, 0.4) is 0 Å². The second kappa shape index (κ2) is 24.2. The maximum absolute atomic E-state index is 10.4. The van der Waals surface area contributed by atoms with E-state index in [1.165, 1.54) is 122 Å². The molecule has 2 heteroatoms. The Labute approximate surface area is 176 Å². The van der Waals surface area contributed by atoms with Crippen molar-refractivity contribution in [3.05, 3.63) is 12.2 Å². The van der Waals surface area contributed by atoms with E-state index in [4.69, 9.17) is 5.11 Å². The molecular formula is C26H50O2. The third kappa shape index (κ3) is 25.2. The van der Waals surface area contributed by atoms with Gasteiger partial charge in [0.2, 0.25) is 0 Å². The van der Waals surface area contributed by atoms with Crippen molar-refractivity contribution < 1.29 is 9.90 Å². The summed E-state index contributed by atoms with van der Waals surface area (Å²) in [4.78, 5) is 10.4. The molecule has 1 N–H and O–H groups in total. The Hall–Kier alpha value is -0.790. The fraction of sp³-hybridized carbons (Fsp3) is 0.885. The Balaban J connectivity index is 3.04. The summed E-state index contributed by atoms with van der Waals surface area (Å²) in [6, 6.07) is 0. The minimum absolute atomic E-state index is 0.260. The fourth-order valence-electron chi connectivity index (χ4n) is 3.78. The molecule has 0 amide bonds. The minimum atomic E-state index is -0.701. The molecule has 0 aliphatic carbocycles. The van der Waals surface area contributed by atoms with Crippen LogP contribution in [0.5, 0.6) is 0 Å². The zero-order valence-electron chi connectivity index (χ0n) is 19.1. The van der Waals surface area contributed by atoms with E-state index < -0.39 is 5.97 Å². The molecule has 0 atom stereocenters. The van der Waals surface area contributed by atoms with Crippen LogP contribution in [0, 0.1) is 0 Å². The first kappa shape index (κ1) is 27.2. The topological polar surface area (TPSA) is 37.3 Å². The summed E-state index contributed by atoms with van der Waals surface area (Å²) in [5.41, 5.74) is 0. The lowest BCUT2D eigenvalue weighted by molar-refractivity contribution is -0.136. The number of hydrogen-bond donors (Lipinski definition) is 1. The first-order valence-electron chi connectivity index (χ1n) is 12.6. The number of carboxylic acid groups (broad SMARTS) is 1. The average Bonchev–Trinajstić information content (AvgIpc) is 2.68. The number of carboxylic acids is 1. The monoisotopic (exact) mass is 394 g/mol. The van der Waals surface area contributed by atoms with Gasteiger partial charge in [0.1, 0.15) is 0 Å². The molecule has 0 saturated carbocycles. The molecule has 28 heavy (non-hydrogen) atoms. The van der Waals surface area contributed by atoms with Crippen LogP contribution in [0.25, 0.3) is 0 Å². The van der Waals surface area contributed by atoms with E-state index in [0.717, 1.165) is 6.42 Å². The predicted molar refractivity (Wildman–Crippen MR) is 124 cm³/mol. The SMILES string of the molecule is CCCCCCCCCCCCCCCCCCCCCC=CCCC(=O)O. The lowest BCUT2D eigenvalue weighted by Crippen LogP contribution is -1.91. The van der Waals surface area contributed by atoms with Crippen molar-refractivity contribution in [3.63, 3.8) is 0 Å². The fourth-order valence-corrected chi connectivity index (χ4v) is 3.78. The van der Waals surface area contributed by atoms with Crippen molar-refractivity contribution in [2.45, 2.75) is 148 Å². The highest BCUT2D eigenvalue weighted by Crippen LogP contribution is 2.14. The number of allylic oxidation sites excluding steroid dienone is 2. The van der Waals surface area contributed by atoms with E-state index >= 15 is 0 Å². The van der Waals surface area contributed by atoms with Gasteiger partial charge in [-0.25, -0.2) is 0 Å². The van der Waals surface area contributed by atoms with Crippen LogP contribution in [0.1, 0.15) is 148 Å². The van der Waals surface area contributed by atoms with Crippen LogP contribution in [-0.2, 0) is 4.79 Å². The van der Waals surface area contributed by atoms with Gasteiger partial charge in [-0.1, -0.05) is 135 Å². The van der Waals surface area contributed by atoms with Crippen molar-refractivity contribution in [1.29, 1.82) is 0 Å². The number of aliphatic carboxylic acids is 1. The van der Waals surface area contributed by atoms with Gasteiger partial charge in [0.15, 0.2) is 0 Å². The van der Waals surface area contributed by atoms with Gasteiger partial charge >= 0.3 is 5.97 Å². The van der Waals surface area contributed by atoms with E-state index in [0.29, 0.717) is 6.42 Å². The second-order valence-corrected chi connectivity index (χ2v) is 8.56. The van der Waals surface area contributed by atoms with E-state index in [1.54, 1.807) is 0 Å². The van der Waals surface area contributed by atoms with E-state index in [2.05, 4.69) is 13.0 Å². The number of unbranched alkanes of at least 4 members (excludes halogenated alkanes) is 19. The molecule has 0 aliphatic heterocycles. The molecular weight excluding hydrogens is 344 g/mol. The van der Waals surface area contributed by atoms with Crippen LogP contribution in [-0.4, -0.2) is 11.1 Å². The maximum Gasteiger partial charge on any atom is 0.303 e. The van der Waals surface area contributed by atoms with Crippen molar-refractivity contribution >= 4 is 5.97 Å². The summed E-state index contributed by atoms with van der Waals surface area (Å²) in [7, 11) is 0. The summed E-state index contributed by atoms with van der Waals surface area (Å²) in [5.74, 6) is -0.701. The summed E-state index contributed by atoms with van der Waals surface area (Å²) in [5, 5.41) is 8.55. The number of hydrogen-bond acceptors (Lipinski definition) is 1. The normalized spacial score (nSPS) is 11.5. The first-order valence-corrected chi connectivity index (χ1v) is 12.6. The van der Waals surface area contributed by atoms with Gasteiger partial charge in [-0.3, -0.25) is 4.79 Å². The second-order valence-electron chi connectivity index (χ2n) is 8.56. The zero-order valence-corrected chi connectivity index (χ0v) is 19.1. The maximum atomic E-state index is 10.4. The van der Waals surface area contributed by atoms with Crippen LogP contribution >= 0.6 is 0 Å². The molecule has 0 saturated heterocycles. The highest BCUT2D eigenvalue weighted by Gasteiger charge is 1.95. The van der Waals surface area contributed by atoms with Crippen LogP contribution < -0.4 is 0 Å². The zero-order chi connectivity index (χ0) is 20.5. The first-order chi connectivity index (χ1) is 13.8. The average molecular weight is 395 g/mol. The molecule has 0 aromatic carbocycles. The molecule has 0 unspecified atom stereocenters. The smallest absolute Gasteiger partial charge is 0.303 e. The van der Waals surface area contributed by atoms with Gasteiger partial charge in [0.25, 0.3) is 0 Å². The lowest BCUT2D eigenvalue weighted by atomic mass is 10.0. The summed E-state index contributed by atoms with van der Waals surface area (Å²) < 4.78 is 0. The molecule has 0 heterocycles. The van der Waals surface area contributed by atoms with Gasteiger partial charge < -0.3 is 5.11 Å². The molecule has 0 aliphatic rings. The Bertz CT molecular complexity index is 335. The van der Waals surface area contributed by atoms with E-state index in [9.17, 15) is 4.79 Å². The summed E-state index contributed by atoms with van der Waals surface area (Å²) in [6.07, 6.45) is 33.1. The highest BCUT2D eigenvalue weighted by atomic mass is 16.4. The quantitative estimate of drug-likeness (QED) is 0.138. The largest absolute Gasteiger partial charge is 0.481 e. The highest BCUT2D eigenvalue weighted by molar-refractivity contribution is 5.66. The molecule has 0 rings (SSSR count). The Morgan fingerprint density at radius 1 is 0.536 bits per heavy atom. The third-order valence-electron chi connectivity index (χ3n) is 5.67. The van der Waals surface area contributed by atoms with Crippen molar-refractivity contribution in [3.8, 4) is 0 Å².